The van der Waals surface area contributed by atoms with Crippen LogP contribution in [0.4, 0.5) is 0 Å². The van der Waals surface area contributed by atoms with E-state index in [1.165, 1.54) is 120 Å². The van der Waals surface area contributed by atoms with Crippen molar-refractivity contribution in [1.29, 1.82) is 0 Å². The van der Waals surface area contributed by atoms with Crippen molar-refractivity contribution in [2.75, 3.05) is 0 Å². The molecule has 3 N–H and O–H groups in total. The molecule has 0 spiro atoms. The Labute approximate surface area is 724 Å². The molecule has 0 fully saturated rings. The van der Waals surface area contributed by atoms with Gasteiger partial charge in [-0.15, -0.1) is 173 Å². The molecule has 0 aliphatic heterocycles. The second-order valence-corrected chi connectivity index (χ2v) is 25.3. The van der Waals surface area contributed by atoms with Crippen molar-refractivity contribution in [2.24, 2.45) is 0 Å². The molecule has 5 radical (unpaired) electrons. The van der Waals surface area contributed by atoms with Crippen molar-refractivity contribution in [3.05, 3.63) is 380 Å². The number of aliphatic hydroxyl groups is 3. The van der Waals surface area contributed by atoms with Gasteiger partial charge in [0, 0.05) is 143 Å². The van der Waals surface area contributed by atoms with Gasteiger partial charge in [0.15, 0.2) is 17.3 Å². The van der Waals surface area contributed by atoms with E-state index in [2.05, 4.69) is 191 Å². The number of benzene rings is 10. The number of hydrogen-bond donors (Lipinski definition) is 3. The van der Waals surface area contributed by atoms with Gasteiger partial charge in [-0.2, -0.15) is 0 Å². The van der Waals surface area contributed by atoms with Crippen LogP contribution < -0.4 is 0 Å². The van der Waals surface area contributed by atoms with Gasteiger partial charge in [-0.3, -0.25) is 24.4 Å². The predicted octanol–water partition coefficient (Wildman–Crippen LogP) is 23.1. The van der Waals surface area contributed by atoms with E-state index >= 15 is 0 Å². The first kappa shape index (κ1) is 94.2. The standard InChI is InChI=1S/C24H18N.C16H12N.2C15H10N.C11H8N.3C5H8O2.5Ir/c1-24(2)21-10-6-5-9-19(21)20-12-11-17(15-22(20)24)23-18-8-4-3-7-16(18)13-14-25-23;1-12-6-5-9-16-14(12)10-11-15(17-16)13-7-3-2-4-8-13;1-2-7-13(8-3-1)15-14-9-5-4-6-12(14)10-11-16-15;1-2-6-12(7-3-1)15-11-10-13-8-4-5-9-14(13)16-15;1-2-6-10(7-3-1)11-8-4-5-9-12-11;3*1-4(6)3-5(2)7;;;;;/h3-10,12-15H,1-2H3;2-7,9-11H,1H3;1-7,9-11H;1-6,8-11H;1-6,8-9H;3*3,6H,1-2H3;;;;;/q5*-1;;;;;;;;. The van der Waals surface area contributed by atoms with Crippen molar-refractivity contribution >= 4 is 60.7 Å². The van der Waals surface area contributed by atoms with E-state index in [0.29, 0.717) is 0 Å². The van der Waals surface area contributed by atoms with Crippen LogP contribution in [0.25, 0.3) is 111 Å². The summed E-state index contributed by atoms with van der Waals surface area (Å²) in [6, 6.07) is 110. The molecule has 16 rings (SSSR count). The van der Waals surface area contributed by atoms with E-state index in [1.54, 1.807) is 6.20 Å². The minimum atomic E-state index is -0.125. The van der Waals surface area contributed by atoms with E-state index < -0.39 is 0 Å². The average molecular weight is 2360 g/mol. The number of allylic oxidation sites excluding steroid dienone is 6. The van der Waals surface area contributed by atoms with Crippen LogP contribution in [0.3, 0.4) is 0 Å². The maximum atomic E-state index is 10.0. The number of hydrogen-bond acceptors (Lipinski definition) is 11. The molecular weight excluding hydrogens is 2280 g/mol. The second kappa shape index (κ2) is 47.9. The Hall–Kier alpha value is -10.1. The SMILES string of the molecule is CC(=O)C=C(C)O.CC(=O)C=C(C)O.CC(=O)C=C(C)O.CC1(C)c2ccccc2-c2c[c-]c(-c3nccc4ccccc34)cc21.Cc1cccc2nc(-c3[c-]cccc3)ccc12.[Ir].[Ir].[Ir].[Ir].[Ir].[c-]1ccccc1-c1ccc2ccccc2n1.[c-]1ccccc1-c1ccccn1.[c-]1ccccc1-c1nccc2ccccc12. The quantitative estimate of drug-likeness (QED) is 0.0750. The van der Waals surface area contributed by atoms with Gasteiger partial charge in [-0.05, 0) is 151 Å². The molecule has 0 atom stereocenters. The molecule has 15 aromatic rings. The number of nitrogens with zero attached hydrogens (tertiary/aromatic N) is 5. The first-order valence-corrected chi connectivity index (χ1v) is 34.7. The smallest absolute Gasteiger partial charge is 0.155 e. The summed E-state index contributed by atoms with van der Waals surface area (Å²) in [7, 11) is 0. The van der Waals surface area contributed by atoms with Gasteiger partial charge in [0.2, 0.25) is 0 Å². The number of carbonyl (C=O) groups excluding carboxylic acids is 3. The maximum Gasteiger partial charge on any atom is 0.155 e. The van der Waals surface area contributed by atoms with Crippen molar-refractivity contribution < 1.29 is 130 Å². The Morgan fingerprint density at radius 2 is 0.759 bits per heavy atom. The summed E-state index contributed by atoms with van der Waals surface area (Å²) in [6.45, 7) is 15.3. The number of carbonyl (C=O) groups is 3. The number of aryl methyl sites for hydroxylation is 1. The van der Waals surface area contributed by atoms with Crippen LogP contribution in [0, 0.1) is 37.3 Å². The van der Waals surface area contributed by atoms with Gasteiger partial charge >= 0.3 is 0 Å². The molecular formula is C96H82Ir5N5O6-5. The van der Waals surface area contributed by atoms with E-state index in [-0.39, 0.29) is 141 Å². The van der Waals surface area contributed by atoms with Crippen LogP contribution in [0.1, 0.15) is 72.1 Å². The van der Waals surface area contributed by atoms with Crippen LogP contribution in [0.15, 0.2) is 333 Å². The molecule has 5 heterocycles. The summed E-state index contributed by atoms with van der Waals surface area (Å²) < 4.78 is 0. The number of para-hydroxylation sites is 1. The Morgan fingerprint density at radius 3 is 1.23 bits per heavy atom. The summed E-state index contributed by atoms with van der Waals surface area (Å²) >= 11 is 0. The summed E-state index contributed by atoms with van der Waals surface area (Å²) in [5.74, 6) is -0.187. The van der Waals surface area contributed by atoms with Gasteiger partial charge in [-0.1, -0.05) is 165 Å². The number of fused-ring (bicyclic) bond motifs is 7. The zero-order chi connectivity index (χ0) is 76.1. The first-order valence-electron chi connectivity index (χ1n) is 34.7. The van der Waals surface area contributed by atoms with Crippen molar-refractivity contribution in [1.82, 2.24) is 24.9 Å². The fourth-order valence-electron chi connectivity index (χ4n) is 11.7. The molecule has 0 saturated carbocycles. The van der Waals surface area contributed by atoms with Gasteiger partial charge in [-0.25, -0.2) is 0 Å². The van der Waals surface area contributed by atoms with E-state index in [9.17, 15) is 14.4 Å². The zero-order valence-corrected chi connectivity index (χ0v) is 75.0. The van der Waals surface area contributed by atoms with Gasteiger partial charge in [0.05, 0.1) is 28.3 Å². The summed E-state index contributed by atoms with van der Waals surface area (Å²) in [6.07, 6.45) is 9.02. The molecule has 0 saturated heterocycles. The van der Waals surface area contributed by atoms with E-state index in [1.807, 2.05) is 176 Å². The number of aromatic nitrogens is 5. The molecule has 10 aromatic carbocycles. The number of ketones is 3. The molecule has 1 aliphatic carbocycles. The zero-order valence-electron chi connectivity index (χ0n) is 63.0. The summed E-state index contributed by atoms with van der Waals surface area (Å²) in [4.78, 5) is 52.7. The van der Waals surface area contributed by atoms with E-state index in [4.69, 9.17) is 15.3 Å². The molecule has 16 heteroatoms. The second-order valence-electron chi connectivity index (χ2n) is 25.3. The fourth-order valence-corrected chi connectivity index (χ4v) is 11.7. The normalized spacial score (nSPS) is 11.0. The average Bonchev–Trinajstić information content (AvgIpc) is 1.58. The van der Waals surface area contributed by atoms with Crippen molar-refractivity contribution in [3.8, 4) is 67.4 Å². The first-order chi connectivity index (χ1) is 51.7. The summed E-state index contributed by atoms with van der Waals surface area (Å²) in [5, 5.41) is 32.2. The Kier molecular flexibility index (Phi) is 40.3. The predicted molar refractivity (Wildman–Crippen MR) is 436 cm³/mol. The van der Waals surface area contributed by atoms with Crippen molar-refractivity contribution in [3.63, 3.8) is 0 Å². The van der Waals surface area contributed by atoms with Crippen LogP contribution in [0.2, 0.25) is 0 Å². The molecule has 1 aliphatic rings. The van der Waals surface area contributed by atoms with Crippen LogP contribution in [0.5, 0.6) is 0 Å². The van der Waals surface area contributed by atoms with E-state index in [0.717, 1.165) is 67.3 Å². The molecule has 112 heavy (non-hydrogen) atoms. The Bertz CT molecular complexity index is 5450. The molecule has 0 bridgehead atoms. The summed E-state index contributed by atoms with van der Waals surface area (Å²) in [5.41, 5.74) is 18.8. The van der Waals surface area contributed by atoms with Crippen LogP contribution in [-0.4, -0.2) is 57.6 Å². The number of pyridine rings is 5. The van der Waals surface area contributed by atoms with Gasteiger partial charge < -0.3 is 30.3 Å². The van der Waals surface area contributed by atoms with Crippen molar-refractivity contribution in [2.45, 2.75) is 67.7 Å². The Balaban J connectivity index is 0.000000278. The molecule has 0 unspecified atom stereocenters. The van der Waals surface area contributed by atoms with Crippen LogP contribution in [-0.2, 0) is 120 Å². The van der Waals surface area contributed by atoms with Gasteiger partial charge in [0.1, 0.15) is 0 Å². The maximum absolute atomic E-state index is 10.0. The minimum Gasteiger partial charge on any atom is -0.512 e. The monoisotopic (exact) mass is 2370 g/mol. The third kappa shape index (κ3) is 28.0. The third-order valence-electron chi connectivity index (χ3n) is 16.5. The molecule has 0 amide bonds. The van der Waals surface area contributed by atoms with Crippen LogP contribution >= 0.6 is 0 Å². The minimum absolute atomic E-state index is 0. The molecule has 577 valence electrons. The van der Waals surface area contributed by atoms with Gasteiger partial charge in [0.25, 0.3) is 0 Å². The molecule has 5 aromatic heterocycles. The topological polar surface area (TPSA) is 176 Å². The fraction of sp³-hybridized carbons (Fsp3) is 0.104. The number of aliphatic hydroxyl groups excluding tert-OH is 3. The number of rotatable bonds is 8. The Morgan fingerprint density at radius 1 is 0.339 bits per heavy atom. The molecule has 11 nitrogen and oxygen atoms in total. The third-order valence-corrected chi connectivity index (χ3v) is 16.5. The largest absolute Gasteiger partial charge is 0.512 e.